The molecule has 0 aliphatic carbocycles. The Labute approximate surface area is 115 Å². The van der Waals surface area contributed by atoms with Crippen LogP contribution >= 0.6 is 0 Å². The van der Waals surface area contributed by atoms with Gasteiger partial charge in [0.05, 0.1) is 16.7 Å². The molecule has 0 unspecified atom stereocenters. The van der Waals surface area contributed by atoms with Gasteiger partial charge in [-0.25, -0.2) is 9.18 Å². The lowest BCUT2D eigenvalue weighted by Gasteiger charge is -2.32. The van der Waals surface area contributed by atoms with Gasteiger partial charge in [-0.05, 0) is 24.8 Å². The zero-order valence-corrected chi connectivity index (χ0v) is 11.0. The van der Waals surface area contributed by atoms with E-state index < -0.39 is 28.0 Å². The van der Waals surface area contributed by atoms with Crippen LogP contribution < -0.4 is 4.90 Å². The van der Waals surface area contributed by atoms with E-state index in [-0.39, 0.29) is 5.69 Å². The Morgan fingerprint density at radius 1 is 1.45 bits per heavy atom. The molecule has 1 aromatic carbocycles. The monoisotopic (exact) mass is 282 g/mol. The van der Waals surface area contributed by atoms with Crippen LogP contribution in [0.25, 0.3) is 0 Å². The van der Waals surface area contributed by atoms with Crippen LogP contribution in [0.5, 0.6) is 0 Å². The zero-order chi connectivity index (χ0) is 14.9. The molecule has 2 rings (SSSR count). The molecule has 0 bridgehead atoms. The van der Waals surface area contributed by atoms with E-state index in [0.29, 0.717) is 25.1 Å². The molecule has 7 heteroatoms. The standard InChI is InChI=1S/C13H15FN2O4/c1-8-2-4-15(5-3-8)12-6-9(13(17)18)11(16(19)20)7-10(12)14/h6-8H,2-5H2,1H3,(H,17,18). The van der Waals surface area contributed by atoms with Gasteiger partial charge >= 0.3 is 5.97 Å². The number of benzene rings is 1. The first kappa shape index (κ1) is 14.2. The Morgan fingerprint density at radius 2 is 2.05 bits per heavy atom. The highest BCUT2D eigenvalue weighted by Crippen LogP contribution is 2.31. The molecule has 0 radical (unpaired) electrons. The van der Waals surface area contributed by atoms with E-state index in [4.69, 9.17) is 5.11 Å². The van der Waals surface area contributed by atoms with Crippen LogP contribution in [0, 0.1) is 21.8 Å². The Morgan fingerprint density at radius 3 is 2.55 bits per heavy atom. The number of nitro benzene ring substituents is 1. The third-order valence-corrected chi connectivity index (χ3v) is 3.62. The minimum Gasteiger partial charge on any atom is -0.477 e. The van der Waals surface area contributed by atoms with Crippen molar-refractivity contribution in [2.24, 2.45) is 5.92 Å². The molecule has 108 valence electrons. The fourth-order valence-electron chi connectivity index (χ4n) is 2.37. The lowest BCUT2D eigenvalue weighted by Crippen LogP contribution is -2.33. The highest BCUT2D eigenvalue weighted by atomic mass is 19.1. The first-order valence-electron chi connectivity index (χ1n) is 6.36. The molecular weight excluding hydrogens is 267 g/mol. The van der Waals surface area contributed by atoms with Gasteiger partial charge in [0.1, 0.15) is 5.56 Å². The minimum absolute atomic E-state index is 0.125. The van der Waals surface area contributed by atoms with Gasteiger partial charge in [0.15, 0.2) is 5.82 Å². The largest absolute Gasteiger partial charge is 0.477 e. The number of rotatable bonds is 3. The molecule has 1 aromatic rings. The van der Waals surface area contributed by atoms with Gasteiger partial charge in [0, 0.05) is 13.1 Å². The van der Waals surface area contributed by atoms with Crippen molar-refractivity contribution in [3.05, 3.63) is 33.6 Å². The number of halogens is 1. The van der Waals surface area contributed by atoms with E-state index in [1.54, 1.807) is 4.90 Å². The summed E-state index contributed by atoms with van der Waals surface area (Å²) in [5.41, 5.74) is -1.07. The molecule has 1 N–H and O–H groups in total. The number of piperidine rings is 1. The van der Waals surface area contributed by atoms with Crippen LogP contribution in [-0.2, 0) is 0 Å². The molecule has 1 aliphatic rings. The second-order valence-electron chi connectivity index (χ2n) is 5.05. The van der Waals surface area contributed by atoms with Gasteiger partial charge in [-0.15, -0.1) is 0 Å². The average Bonchev–Trinajstić information content (AvgIpc) is 2.39. The zero-order valence-electron chi connectivity index (χ0n) is 11.0. The van der Waals surface area contributed by atoms with Crippen molar-refractivity contribution in [2.75, 3.05) is 18.0 Å². The quantitative estimate of drug-likeness (QED) is 0.680. The molecule has 0 spiro atoms. The van der Waals surface area contributed by atoms with E-state index in [1.165, 1.54) is 0 Å². The number of aromatic carboxylic acids is 1. The van der Waals surface area contributed by atoms with Gasteiger partial charge in [-0.2, -0.15) is 0 Å². The topological polar surface area (TPSA) is 83.7 Å². The number of carboxylic acids is 1. The summed E-state index contributed by atoms with van der Waals surface area (Å²) < 4.78 is 14.0. The molecule has 0 amide bonds. The lowest BCUT2D eigenvalue weighted by molar-refractivity contribution is -0.385. The summed E-state index contributed by atoms with van der Waals surface area (Å²) in [6, 6.07) is 1.75. The smallest absolute Gasteiger partial charge is 0.342 e. The SMILES string of the molecule is CC1CCN(c2cc(C(=O)O)c([N+](=O)[O-])cc2F)CC1. The van der Waals surface area contributed by atoms with Crippen molar-refractivity contribution in [3.8, 4) is 0 Å². The summed E-state index contributed by atoms with van der Waals surface area (Å²) in [6.07, 6.45) is 1.78. The predicted octanol–water partition coefficient (Wildman–Crippen LogP) is 2.67. The third-order valence-electron chi connectivity index (χ3n) is 3.62. The van der Waals surface area contributed by atoms with Crippen LogP contribution in [0.4, 0.5) is 15.8 Å². The second kappa shape index (κ2) is 5.44. The molecule has 0 saturated carbocycles. The Bertz CT molecular complexity index is 554. The summed E-state index contributed by atoms with van der Waals surface area (Å²) in [4.78, 5) is 22.7. The number of anilines is 1. The normalized spacial score (nSPS) is 16.2. The molecule has 1 aliphatic heterocycles. The molecule has 20 heavy (non-hydrogen) atoms. The first-order chi connectivity index (χ1) is 9.40. The van der Waals surface area contributed by atoms with Gasteiger partial charge in [-0.3, -0.25) is 10.1 Å². The fraction of sp³-hybridized carbons (Fsp3) is 0.462. The molecule has 1 saturated heterocycles. The van der Waals surface area contributed by atoms with Crippen LogP contribution in [-0.4, -0.2) is 29.1 Å². The molecule has 0 atom stereocenters. The number of carboxylic acid groups (broad SMARTS) is 1. The van der Waals surface area contributed by atoms with E-state index in [2.05, 4.69) is 6.92 Å². The highest BCUT2D eigenvalue weighted by molar-refractivity contribution is 5.93. The summed E-state index contributed by atoms with van der Waals surface area (Å²) in [5.74, 6) is -1.63. The predicted molar refractivity (Wildman–Crippen MR) is 70.6 cm³/mol. The van der Waals surface area contributed by atoms with Crippen LogP contribution in [0.15, 0.2) is 12.1 Å². The number of carbonyl (C=O) groups is 1. The van der Waals surface area contributed by atoms with E-state index in [0.717, 1.165) is 18.9 Å². The maximum atomic E-state index is 14.0. The Balaban J connectivity index is 2.41. The second-order valence-corrected chi connectivity index (χ2v) is 5.05. The Kier molecular flexibility index (Phi) is 3.87. The van der Waals surface area contributed by atoms with Gasteiger partial charge in [0.25, 0.3) is 5.69 Å². The van der Waals surface area contributed by atoms with Crippen molar-refractivity contribution in [1.82, 2.24) is 0 Å². The summed E-state index contributed by atoms with van der Waals surface area (Å²) in [6.45, 7) is 3.34. The third kappa shape index (κ3) is 2.71. The van der Waals surface area contributed by atoms with Gasteiger partial charge in [0.2, 0.25) is 0 Å². The minimum atomic E-state index is -1.43. The molecule has 0 aromatic heterocycles. The number of nitrogens with zero attached hydrogens (tertiary/aromatic N) is 2. The van der Waals surface area contributed by atoms with Crippen molar-refractivity contribution < 1.29 is 19.2 Å². The van der Waals surface area contributed by atoms with Crippen molar-refractivity contribution in [2.45, 2.75) is 19.8 Å². The number of hydrogen-bond donors (Lipinski definition) is 1. The van der Waals surface area contributed by atoms with Crippen molar-refractivity contribution >= 4 is 17.3 Å². The summed E-state index contributed by atoms with van der Waals surface area (Å²) >= 11 is 0. The molecule has 6 nitrogen and oxygen atoms in total. The molecule has 1 fully saturated rings. The van der Waals surface area contributed by atoms with Crippen LogP contribution in [0.2, 0.25) is 0 Å². The first-order valence-corrected chi connectivity index (χ1v) is 6.36. The maximum absolute atomic E-state index is 14.0. The number of nitro groups is 1. The van der Waals surface area contributed by atoms with E-state index in [1.807, 2.05) is 0 Å². The molecule has 1 heterocycles. The van der Waals surface area contributed by atoms with Crippen LogP contribution in [0.1, 0.15) is 30.1 Å². The lowest BCUT2D eigenvalue weighted by atomic mass is 9.98. The van der Waals surface area contributed by atoms with Gasteiger partial charge < -0.3 is 10.0 Å². The van der Waals surface area contributed by atoms with Gasteiger partial charge in [-0.1, -0.05) is 6.92 Å². The summed E-state index contributed by atoms with van der Waals surface area (Å²) in [7, 11) is 0. The molecular formula is C13H15FN2O4. The van der Waals surface area contributed by atoms with Crippen LogP contribution in [0.3, 0.4) is 0 Å². The van der Waals surface area contributed by atoms with Crippen molar-refractivity contribution in [1.29, 1.82) is 0 Å². The number of hydrogen-bond acceptors (Lipinski definition) is 4. The Hall–Kier alpha value is -2.18. The van der Waals surface area contributed by atoms with E-state index in [9.17, 15) is 19.3 Å². The van der Waals surface area contributed by atoms with E-state index >= 15 is 0 Å². The fourth-order valence-corrected chi connectivity index (χ4v) is 2.37. The maximum Gasteiger partial charge on any atom is 0.342 e. The highest BCUT2D eigenvalue weighted by Gasteiger charge is 2.26. The van der Waals surface area contributed by atoms with Crippen molar-refractivity contribution in [3.63, 3.8) is 0 Å². The average molecular weight is 282 g/mol. The summed E-state index contributed by atoms with van der Waals surface area (Å²) in [5, 5.41) is 19.8.